The van der Waals surface area contributed by atoms with Crippen molar-refractivity contribution < 1.29 is 4.39 Å². The summed E-state index contributed by atoms with van der Waals surface area (Å²) in [6.45, 7) is 2.59. The minimum Gasteiger partial charge on any atom is -0.320 e. The van der Waals surface area contributed by atoms with Crippen molar-refractivity contribution in [2.24, 2.45) is 0 Å². The zero-order valence-electron chi connectivity index (χ0n) is 10.7. The molecule has 0 bridgehead atoms. The van der Waals surface area contributed by atoms with Gasteiger partial charge in [-0.2, -0.15) is 0 Å². The molecule has 102 valence electrons. The van der Waals surface area contributed by atoms with Gasteiger partial charge in [0.15, 0.2) is 0 Å². The summed E-state index contributed by atoms with van der Waals surface area (Å²) in [4.78, 5) is 1.87. The first-order valence-corrected chi connectivity index (χ1v) is 7.66. The largest absolute Gasteiger partial charge is 0.320 e. The predicted octanol–water partition coefficient (Wildman–Crippen LogP) is 5.00. The molecule has 20 heavy (non-hydrogen) atoms. The number of hydrogen-bond acceptors (Lipinski definition) is 1. The first kappa shape index (κ1) is 13.8. The molecular weight excluding hydrogens is 387 g/mol. The minimum atomic E-state index is -0.308. The van der Waals surface area contributed by atoms with E-state index in [1.165, 1.54) is 12.1 Å². The Morgan fingerprint density at radius 1 is 1.15 bits per heavy atom. The van der Waals surface area contributed by atoms with Crippen molar-refractivity contribution in [3.63, 3.8) is 0 Å². The number of rotatable bonds is 1. The van der Waals surface area contributed by atoms with E-state index in [1.54, 1.807) is 6.07 Å². The van der Waals surface area contributed by atoms with Gasteiger partial charge < -0.3 is 4.90 Å². The van der Waals surface area contributed by atoms with Crippen LogP contribution in [0.5, 0.6) is 0 Å². The number of anilines is 1. The second-order valence-electron chi connectivity index (χ2n) is 4.81. The lowest BCUT2D eigenvalue weighted by atomic mass is 10.1. The predicted molar refractivity (Wildman–Crippen MR) is 86.0 cm³/mol. The number of nitrogens with zero attached hydrogens (tertiary/aromatic N) is 1. The van der Waals surface area contributed by atoms with Crippen molar-refractivity contribution in [3.8, 4) is 0 Å². The van der Waals surface area contributed by atoms with Gasteiger partial charge in [0, 0.05) is 14.5 Å². The summed E-state index contributed by atoms with van der Waals surface area (Å²) in [5.74, 6) is 0.0159. The molecule has 5 heteroatoms. The summed E-state index contributed by atoms with van der Waals surface area (Å²) < 4.78 is 15.2. The van der Waals surface area contributed by atoms with E-state index >= 15 is 0 Å². The Bertz CT molecular complexity index is 705. The number of amidine groups is 1. The molecule has 2 aromatic rings. The van der Waals surface area contributed by atoms with E-state index in [-0.39, 0.29) is 5.82 Å². The van der Waals surface area contributed by atoms with Crippen molar-refractivity contribution in [1.29, 1.82) is 5.41 Å². The Balaban J connectivity index is 2.09. The van der Waals surface area contributed by atoms with E-state index in [0.29, 0.717) is 17.9 Å². The molecule has 2 aromatic carbocycles. The van der Waals surface area contributed by atoms with Crippen LogP contribution < -0.4 is 4.90 Å². The fourth-order valence-electron chi connectivity index (χ4n) is 2.44. The standard InChI is InChI=1S/C15H11Br2FN2/c1-8-4-12(16)14(13(17)5-8)20-7-9-2-3-10(18)6-11(9)15(20)19/h2-6,19H,7H2,1H3. The lowest BCUT2D eigenvalue weighted by Crippen LogP contribution is -2.24. The molecule has 0 saturated heterocycles. The van der Waals surface area contributed by atoms with Crippen molar-refractivity contribution in [2.75, 3.05) is 4.90 Å². The highest BCUT2D eigenvalue weighted by atomic mass is 79.9. The Morgan fingerprint density at radius 2 is 1.80 bits per heavy atom. The lowest BCUT2D eigenvalue weighted by molar-refractivity contribution is 0.627. The molecule has 0 saturated carbocycles. The highest BCUT2D eigenvalue weighted by molar-refractivity contribution is 9.11. The van der Waals surface area contributed by atoms with Crippen LogP contribution in [0.25, 0.3) is 0 Å². The first-order chi connectivity index (χ1) is 9.47. The third kappa shape index (κ3) is 2.19. The smallest absolute Gasteiger partial charge is 0.133 e. The van der Waals surface area contributed by atoms with Gasteiger partial charge in [-0.25, -0.2) is 4.39 Å². The highest BCUT2D eigenvalue weighted by Gasteiger charge is 2.28. The Labute approximate surface area is 133 Å². The van der Waals surface area contributed by atoms with Crippen LogP contribution in [0.2, 0.25) is 0 Å². The summed E-state index contributed by atoms with van der Waals surface area (Å²) in [6.07, 6.45) is 0. The summed E-state index contributed by atoms with van der Waals surface area (Å²) in [6, 6.07) is 8.63. The Morgan fingerprint density at radius 3 is 2.45 bits per heavy atom. The maximum absolute atomic E-state index is 13.3. The van der Waals surface area contributed by atoms with Crippen molar-refractivity contribution >= 4 is 43.4 Å². The molecule has 3 rings (SSSR count). The van der Waals surface area contributed by atoms with Gasteiger partial charge in [-0.3, -0.25) is 5.41 Å². The van der Waals surface area contributed by atoms with Gasteiger partial charge in [0.2, 0.25) is 0 Å². The quantitative estimate of drug-likeness (QED) is 0.719. The summed E-state index contributed by atoms with van der Waals surface area (Å²) in [5, 5.41) is 8.29. The zero-order chi connectivity index (χ0) is 14.4. The SMILES string of the molecule is Cc1cc(Br)c(N2Cc3ccc(F)cc3C2=N)c(Br)c1. The second-order valence-corrected chi connectivity index (χ2v) is 6.52. The number of benzene rings is 2. The highest BCUT2D eigenvalue weighted by Crippen LogP contribution is 2.39. The van der Waals surface area contributed by atoms with Gasteiger partial charge >= 0.3 is 0 Å². The topological polar surface area (TPSA) is 27.1 Å². The number of hydrogen-bond donors (Lipinski definition) is 1. The molecule has 2 nitrogen and oxygen atoms in total. The number of fused-ring (bicyclic) bond motifs is 1. The Hall–Kier alpha value is -1.20. The maximum Gasteiger partial charge on any atom is 0.133 e. The van der Waals surface area contributed by atoms with Gasteiger partial charge in [-0.15, -0.1) is 0 Å². The number of aryl methyl sites for hydroxylation is 1. The van der Waals surface area contributed by atoms with Gasteiger partial charge in [0.25, 0.3) is 0 Å². The molecule has 0 spiro atoms. The molecule has 1 heterocycles. The van der Waals surface area contributed by atoms with Crippen LogP contribution >= 0.6 is 31.9 Å². The van der Waals surface area contributed by atoms with Gasteiger partial charge in [0.1, 0.15) is 11.7 Å². The summed E-state index contributed by atoms with van der Waals surface area (Å²) in [5.41, 5.74) is 3.65. The van der Waals surface area contributed by atoms with Crippen molar-refractivity contribution in [3.05, 3.63) is 61.8 Å². The van der Waals surface area contributed by atoms with Crippen LogP contribution in [-0.2, 0) is 6.54 Å². The van der Waals surface area contributed by atoms with Gasteiger partial charge in [-0.1, -0.05) is 6.07 Å². The third-order valence-corrected chi connectivity index (χ3v) is 4.57. The molecule has 0 aromatic heterocycles. The van der Waals surface area contributed by atoms with E-state index in [4.69, 9.17) is 5.41 Å². The monoisotopic (exact) mass is 396 g/mol. The third-order valence-electron chi connectivity index (χ3n) is 3.36. The van der Waals surface area contributed by atoms with Crippen LogP contribution in [0.4, 0.5) is 10.1 Å². The maximum atomic E-state index is 13.3. The molecule has 1 N–H and O–H groups in total. The summed E-state index contributed by atoms with van der Waals surface area (Å²) in [7, 11) is 0. The fraction of sp³-hybridized carbons (Fsp3) is 0.133. The van der Waals surface area contributed by atoms with Crippen LogP contribution in [0.3, 0.4) is 0 Å². The average Bonchev–Trinajstić information content (AvgIpc) is 2.66. The van der Waals surface area contributed by atoms with Crippen molar-refractivity contribution in [2.45, 2.75) is 13.5 Å². The van der Waals surface area contributed by atoms with E-state index in [2.05, 4.69) is 31.9 Å². The molecule has 0 fully saturated rings. The molecule has 0 aliphatic carbocycles. The molecule has 0 unspecified atom stereocenters. The molecule has 1 aliphatic heterocycles. The molecule has 0 radical (unpaired) electrons. The molecular formula is C15H11Br2FN2. The molecule has 1 aliphatic rings. The van der Waals surface area contributed by atoms with Crippen LogP contribution in [0, 0.1) is 18.2 Å². The molecule has 0 amide bonds. The second kappa shape index (κ2) is 4.97. The van der Waals surface area contributed by atoms with Crippen LogP contribution in [-0.4, -0.2) is 5.84 Å². The fourth-order valence-corrected chi connectivity index (χ4v) is 4.29. The van der Waals surface area contributed by atoms with Gasteiger partial charge in [-0.05, 0) is 74.2 Å². The van der Waals surface area contributed by atoms with E-state index in [9.17, 15) is 4.39 Å². The average molecular weight is 398 g/mol. The number of halogens is 3. The van der Waals surface area contributed by atoms with Crippen molar-refractivity contribution in [1.82, 2.24) is 0 Å². The Kier molecular flexibility index (Phi) is 3.42. The first-order valence-electron chi connectivity index (χ1n) is 6.08. The van der Waals surface area contributed by atoms with Crippen LogP contribution in [0.1, 0.15) is 16.7 Å². The van der Waals surface area contributed by atoms with Gasteiger partial charge in [0.05, 0.1) is 12.2 Å². The van der Waals surface area contributed by atoms with E-state index < -0.39 is 0 Å². The van der Waals surface area contributed by atoms with Crippen LogP contribution in [0.15, 0.2) is 39.3 Å². The summed E-state index contributed by atoms with van der Waals surface area (Å²) >= 11 is 7.10. The zero-order valence-corrected chi connectivity index (χ0v) is 13.8. The number of nitrogens with one attached hydrogen (secondary N) is 1. The minimum absolute atomic E-state index is 0.308. The lowest BCUT2D eigenvalue weighted by Gasteiger charge is -2.21. The van der Waals surface area contributed by atoms with E-state index in [0.717, 1.165) is 25.8 Å². The van der Waals surface area contributed by atoms with E-state index in [1.807, 2.05) is 24.0 Å². The molecule has 0 atom stereocenters. The normalized spacial score (nSPS) is 13.8.